The lowest BCUT2D eigenvalue weighted by Crippen LogP contribution is -2.32. The molecule has 0 bridgehead atoms. The number of hydrogen-bond donors (Lipinski definition) is 1. The number of nitrogens with zero attached hydrogens (tertiary/aromatic N) is 2. The number of rotatable bonds is 6. The second-order valence-corrected chi connectivity index (χ2v) is 8.01. The lowest BCUT2D eigenvalue weighted by molar-refractivity contribution is 0.0812. The molecule has 0 amide bonds. The Bertz CT molecular complexity index is 1280. The lowest BCUT2D eigenvalue weighted by Gasteiger charge is -2.22. The van der Waals surface area contributed by atoms with E-state index in [1.165, 1.54) is 6.92 Å². The van der Waals surface area contributed by atoms with E-state index in [1.54, 1.807) is 44.2 Å². The van der Waals surface area contributed by atoms with Gasteiger partial charge in [-0.15, -0.1) is 0 Å². The molecule has 7 heteroatoms. The summed E-state index contributed by atoms with van der Waals surface area (Å²) >= 11 is 6.04. The fourth-order valence-electron chi connectivity index (χ4n) is 3.61. The summed E-state index contributed by atoms with van der Waals surface area (Å²) in [6, 6.07) is 15.4. The average Bonchev–Trinajstić information content (AvgIpc) is 2.77. The number of ketones is 1. The summed E-state index contributed by atoms with van der Waals surface area (Å²) in [4.78, 5) is 26.3. The number of aryl methyl sites for hydroxylation is 1. The zero-order valence-electron chi connectivity index (χ0n) is 18.2. The van der Waals surface area contributed by atoms with Crippen molar-refractivity contribution in [3.8, 4) is 17.7 Å². The molecule has 2 aromatic carbocycles. The maximum absolute atomic E-state index is 13.3. The molecule has 0 radical (unpaired) electrons. The summed E-state index contributed by atoms with van der Waals surface area (Å²) in [7, 11) is 0. The normalized spacial score (nSPS) is 12.6. The fraction of sp³-hybridized carbons (Fsp3) is 0.240. The largest absolute Gasteiger partial charge is 0.494 e. The van der Waals surface area contributed by atoms with Gasteiger partial charge in [0.05, 0.1) is 11.6 Å². The molecule has 1 heterocycles. The van der Waals surface area contributed by atoms with Crippen LogP contribution in [0, 0.1) is 25.2 Å². The van der Waals surface area contributed by atoms with Gasteiger partial charge in [0.2, 0.25) is 11.7 Å². The van der Waals surface area contributed by atoms with E-state index in [2.05, 4.69) is 0 Å². The Kier molecular flexibility index (Phi) is 6.71. The van der Waals surface area contributed by atoms with Crippen LogP contribution in [0.5, 0.6) is 11.6 Å². The number of nitriles is 1. The highest BCUT2D eigenvalue weighted by Crippen LogP contribution is 2.30. The third-order valence-corrected chi connectivity index (χ3v) is 5.90. The molecule has 0 aliphatic carbocycles. The molecular formula is C25H23ClN2O4. The Morgan fingerprint density at radius 2 is 1.81 bits per heavy atom. The Hall–Kier alpha value is -3.56. The molecule has 0 aliphatic rings. The molecule has 3 rings (SSSR count). The highest BCUT2D eigenvalue weighted by atomic mass is 35.5. The summed E-state index contributed by atoms with van der Waals surface area (Å²) in [6.07, 6.45) is -0.982. The van der Waals surface area contributed by atoms with Crippen LogP contribution in [0.25, 0.3) is 0 Å². The van der Waals surface area contributed by atoms with Crippen molar-refractivity contribution in [2.45, 2.75) is 39.8 Å². The first-order valence-electron chi connectivity index (χ1n) is 10.1. The minimum Gasteiger partial charge on any atom is -0.494 e. The van der Waals surface area contributed by atoms with Gasteiger partial charge in [-0.25, -0.2) is 0 Å². The van der Waals surface area contributed by atoms with Gasteiger partial charge in [0.25, 0.3) is 5.56 Å². The highest BCUT2D eigenvalue weighted by Gasteiger charge is 2.30. The number of aromatic hydroxyl groups is 1. The number of carbonyl (C=O) groups excluding carboxylic acids is 1. The van der Waals surface area contributed by atoms with E-state index in [0.29, 0.717) is 10.8 Å². The maximum Gasteiger partial charge on any atom is 0.272 e. The van der Waals surface area contributed by atoms with Crippen molar-refractivity contribution >= 4 is 17.4 Å². The molecule has 164 valence electrons. The van der Waals surface area contributed by atoms with Gasteiger partial charge in [-0.2, -0.15) is 5.26 Å². The van der Waals surface area contributed by atoms with Gasteiger partial charge in [-0.3, -0.25) is 14.2 Å². The SMILES string of the molecule is Cc1cc(OC(C)C(=O)c2c(C)c(C#N)c(=O)n(C(C)c3ccccc3)c2O)ccc1Cl. The summed E-state index contributed by atoms with van der Waals surface area (Å²) in [5.41, 5.74) is 0.707. The number of ether oxygens (including phenoxy) is 1. The van der Waals surface area contributed by atoms with E-state index in [4.69, 9.17) is 16.3 Å². The minimum atomic E-state index is -0.982. The predicted octanol–water partition coefficient (Wildman–Crippen LogP) is 4.96. The van der Waals surface area contributed by atoms with E-state index in [0.717, 1.165) is 15.7 Å². The van der Waals surface area contributed by atoms with Crippen molar-refractivity contribution in [1.29, 1.82) is 5.26 Å². The van der Waals surface area contributed by atoms with E-state index < -0.39 is 29.4 Å². The number of hydrogen-bond acceptors (Lipinski definition) is 5. The van der Waals surface area contributed by atoms with Crippen LogP contribution in [0.15, 0.2) is 53.3 Å². The Morgan fingerprint density at radius 3 is 2.41 bits per heavy atom. The molecule has 0 fully saturated rings. The third-order valence-electron chi connectivity index (χ3n) is 5.47. The van der Waals surface area contributed by atoms with Gasteiger partial charge in [-0.05, 0) is 62.6 Å². The number of benzene rings is 2. The van der Waals surface area contributed by atoms with E-state index in [9.17, 15) is 20.0 Å². The van der Waals surface area contributed by atoms with Crippen molar-refractivity contribution in [1.82, 2.24) is 4.57 Å². The van der Waals surface area contributed by atoms with Crippen LogP contribution in [0.1, 0.15) is 52.5 Å². The van der Waals surface area contributed by atoms with E-state index in [-0.39, 0.29) is 16.7 Å². The van der Waals surface area contributed by atoms with Crippen LogP contribution in [-0.2, 0) is 0 Å². The zero-order chi connectivity index (χ0) is 23.6. The van der Waals surface area contributed by atoms with Crippen molar-refractivity contribution in [3.05, 3.63) is 91.7 Å². The Labute approximate surface area is 191 Å². The van der Waals surface area contributed by atoms with Crippen LogP contribution >= 0.6 is 11.6 Å². The summed E-state index contributed by atoms with van der Waals surface area (Å²) in [6.45, 7) is 6.56. The Balaban J connectivity index is 2.09. The van der Waals surface area contributed by atoms with Crippen LogP contribution < -0.4 is 10.3 Å². The number of aromatic nitrogens is 1. The van der Waals surface area contributed by atoms with Gasteiger partial charge < -0.3 is 9.84 Å². The first-order valence-corrected chi connectivity index (χ1v) is 10.4. The van der Waals surface area contributed by atoms with Crippen molar-refractivity contribution in [2.75, 3.05) is 0 Å². The van der Waals surface area contributed by atoms with Gasteiger partial charge in [0.1, 0.15) is 17.4 Å². The van der Waals surface area contributed by atoms with Crippen LogP contribution in [0.4, 0.5) is 0 Å². The summed E-state index contributed by atoms with van der Waals surface area (Å²) in [5.74, 6) is -0.593. The third kappa shape index (κ3) is 4.25. The quantitative estimate of drug-likeness (QED) is 0.536. The van der Waals surface area contributed by atoms with Gasteiger partial charge >= 0.3 is 0 Å². The number of pyridine rings is 1. The number of Topliss-reactive ketones (excluding diaryl/α,β-unsaturated/α-hetero) is 1. The topological polar surface area (TPSA) is 92.3 Å². The molecule has 32 heavy (non-hydrogen) atoms. The summed E-state index contributed by atoms with van der Waals surface area (Å²) in [5, 5.41) is 21.2. The second kappa shape index (κ2) is 9.29. The second-order valence-electron chi connectivity index (χ2n) is 7.61. The van der Waals surface area contributed by atoms with Crippen LogP contribution in [0.3, 0.4) is 0 Å². The van der Waals surface area contributed by atoms with Crippen LogP contribution in [0.2, 0.25) is 5.02 Å². The predicted molar refractivity (Wildman–Crippen MR) is 123 cm³/mol. The highest BCUT2D eigenvalue weighted by molar-refractivity contribution is 6.31. The fourth-order valence-corrected chi connectivity index (χ4v) is 3.73. The molecule has 6 nitrogen and oxygen atoms in total. The maximum atomic E-state index is 13.3. The lowest BCUT2D eigenvalue weighted by atomic mass is 9.98. The van der Waals surface area contributed by atoms with E-state index >= 15 is 0 Å². The number of halogens is 1. The zero-order valence-corrected chi connectivity index (χ0v) is 19.0. The molecular weight excluding hydrogens is 428 g/mol. The first-order chi connectivity index (χ1) is 15.2. The molecule has 0 aliphatic heterocycles. The molecule has 2 unspecified atom stereocenters. The van der Waals surface area contributed by atoms with Gasteiger partial charge in [0.15, 0.2) is 6.10 Å². The first kappa shape index (κ1) is 23.1. The Morgan fingerprint density at radius 1 is 1.16 bits per heavy atom. The van der Waals surface area contributed by atoms with E-state index in [1.807, 2.05) is 31.2 Å². The molecule has 0 spiro atoms. The van der Waals surface area contributed by atoms with Gasteiger partial charge in [0, 0.05) is 5.02 Å². The van der Waals surface area contributed by atoms with Crippen molar-refractivity contribution in [2.24, 2.45) is 0 Å². The van der Waals surface area contributed by atoms with Crippen molar-refractivity contribution < 1.29 is 14.6 Å². The molecule has 0 saturated heterocycles. The standard InChI is InChI=1S/C25H23ClN2O4/c1-14-12-19(10-11-21(14)26)32-17(4)23(29)22-15(2)20(13-27)24(30)28(25(22)31)16(3)18-8-6-5-7-9-18/h5-12,16-17,31H,1-4H3. The van der Waals surface area contributed by atoms with Crippen molar-refractivity contribution in [3.63, 3.8) is 0 Å². The molecule has 1 N–H and O–H groups in total. The minimum absolute atomic E-state index is 0.109. The smallest absolute Gasteiger partial charge is 0.272 e. The molecule has 1 aromatic heterocycles. The molecule has 2 atom stereocenters. The average molecular weight is 451 g/mol. The van der Waals surface area contributed by atoms with Crippen LogP contribution in [-0.4, -0.2) is 21.6 Å². The summed E-state index contributed by atoms with van der Waals surface area (Å²) < 4.78 is 6.85. The monoisotopic (exact) mass is 450 g/mol. The molecule has 0 saturated carbocycles. The molecule has 3 aromatic rings. The number of carbonyl (C=O) groups is 1. The van der Waals surface area contributed by atoms with Gasteiger partial charge in [-0.1, -0.05) is 41.9 Å².